The van der Waals surface area contributed by atoms with Crippen LogP contribution in [0.4, 0.5) is 17.6 Å². The predicted molar refractivity (Wildman–Crippen MR) is 133 cm³/mol. The summed E-state index contributed by atoms with van der Waals surface area (Å²) in [5.74, 6) is 2.34. The van der Waals surface area contributed by atoms with E-state index in [1.807, 2.05) is 54.6 Å². The van der Waals surface area contributed by atoms with E-state index in [-0.39, 0.29) is 12.1 Å². The maximum atomic E-state index is 6.07. The molecule has 0 aliphatic carbocycles. The van der Waals surface area contributed by atoms with Gasteiger partial charge in [0.25, 0.3) is 0 Å². The van der Waals surface area contributed by atoms with Crippen molar-refractivity contribution >= 4 is 40.9 Å². The highest BCUT2D eigenvalue weighted by Crippen LogP contribution is 2.29. The first-order valence-corrected chi connectivity index (χ1v) is 12.3. The van der Waals surface area contributed by atoms with Crippen LogP contribution in [0.3, 0.4) is 0 Å². The fraction of sp³-hybridized carbons (Fsp3) is 0.261. The summed E-state index contributed by atoms with van der Waals surface area (Å²) in [6.45, 7) is 1.46. The Balaban J connectivity index is 1.37. The third-order valence-electron chi connectivity index (χ3n) is 5.29. The maximum absolute atomic E-state index is 6.07. The number of halogens is 1. The molecule has 3 heterocycles. The van der Waals surface area contributed by atoms with Gasteiger partial charge in [-0.3, -0.25) is 4.57 Å². The quantitative estimate of drug-likeness (QED) is 0.339. The second-order valence-corrected chi connectivity index (χ2v) is 9.15. The van der Waals surface area contributed by atoms with Gasteiger partial charge in [-0.25, -0.2) is 0 Å². The predicted octanol–water partition coefficient (Wildman–Crippen LogP) is 4.58. The summed E-state index contributed by atoms with van der Waals surface area (Å²) in [6.07, 6.45) is 2.21. The zero-order valence-electron chi connectivity index (χ0n) is 18.3. The largest absolute Gasteiger partial charge is 0.376 e. The van der Waals surface area contributed by atoms with E-state index in [1.54, 1.807) is 0 Å². The second kappa shape index (κ2) is 10.4. The molecule has 0 bridgehead atoms. The van der Waals surface area contributed by atoms with Crippen molar-refractivity contribution in [2.45, 2.75) is 36.4 Å². The number of thioether (sulfide) groups is 1. The maximum Gasteiger partial charge on any atom is 0.232 e. The number of aromatic nitrogens is 6. The van der Waals surface area contributed by atoms with E-state index >= 15 is 0 Å². The molecular weight excluding hydrogens is 472 g/mol. The van der Waals surface area contributed by atoms with Gasteiger partial charge in [0.15, 0.2) is 11.0 Å². The summed E-state index contributed by atoms with van der Waals surface area (Å²) < 4.78 is 7.97. The summed E-state index contributed by atoms with van der Waals surface area (Å²) in [5.41, 5.74) is 7.76. The molecule has 4 aromatic rings. The molecule has 0 saturated carbocycles. The zero-order valence-corrected chi connectivity index (χ0v) is 19.8. The third-order valence-corrected chi connectivity index (χ3v) is 6.50. The zero-order chi connectivity index (χ0) is 23.3. The molecule has 174 valence electrons. The number of para-hydroxylation sites is 1. The van der Waals surface area contributed by atoms with Crippen molar-refractivity contribution in [1.29, 1.82) is 0 Å². The van der Waals surface area contributed by atoms with Gasteiger partial charge >= 0.3 is 0 Å². The van der Waals surface area contributed by atoms with E-state index in [9.17, 15) is 0 Å². The van der Waals surface area contributed by atoms with Crippen LogP contribution in [0.2, 0.25) is 5.02 Å². The van der Waals surface area contributed by atoms with Crippen molar-refractivity contribution < 1.29 is 4.74 Å². The monoisotopic (exact) mass is 494 g/mol. The first-order chi connectivity index (χ1) is 16.6. The average molecular weight is 495 g/mol. The molecule has 2 aromatic heterocycles. The smallest absolute Gasteiger partial charge is 0.232 e. The molecule has 2 aromatic carbocycles. The average Bonchev–Trinajstić information content (AvgIpc) is 3.49. The number of nitrogens with one attached hydrogen (secondary N) is 1. The number of anilines is 3. The molecule has 34 heavy (non-hydrogen) atoms. The fourth-order valence-corrected chi connectivity index (χ4v) is 4.63. The fourth-order valence-electron chi connectivity index (χ4n) is 3.70. The van der Waals surface area contributed by atoms with Crippen LogP contribution in [0.5, 0.6) is 0 Å². The summed E-state index contributed by atoms with van der Waals surface area (Å²) >= 11 is 7.57. The van der Waals surface area contributed by atoms with Crippen molar-refractivity contribution in [2.75, 3.05) is 17.7 Å². The Bertz CT molecular complexity index is 1250. The second-order valence-electron chi connectivity index (χ2n) is 7.77. The van der Waals surface area contributed by atoms with E-state index in [1.165, 1.54) is 11.8 Å². The Morgan fingerprint density at radius 3 is 2.65 bits per heavy atom. The molecule has 3 N–H and O–H groups in total. The van der Waals surface area contributed by atoms with Crippen LogP contribution in [0.1, 0.15) is 18.7 Å². The Kier molecular flexibility index (Phi) is 6.89. The lowest BCUT2D eigenvalue weighted by Crippen LogP contribution is -2.16. The van der Waals surface area contributed by atoms with Crippen LogP contribution in [0, 0.1) is 0 Å². The van der Waals surface area contributed by atoms with E-state index in [0.717, 1.165) is 41.7 Å². The summed E-state index contributed by atoms with van der Waals surface area (Å²) in [6, 6.07) is 17.3. The van der Waals surface area contributed by atoms with Gasteiger partial charge in [0.2, 0.25) is 11.9 Å². The van der Waals surface area contributed by atoms with Crippen molar-refractivity contribution in [3.63, 3.8) is 0 Å². The van der Waals surface area contributed by atoms with Crippen molar-refractivity contribution in [1.82, 2.24) is 29.7 Å². The van der Waals surface area contributed by atoms with Crippen molar-refractivity contribution in [3.8, 4) is 11.4 Å². The van der Waals surface area contributed by atoms with Gasteiger partial charge in [0, 0.05) is 22.9 Å². The van der Waals surface area contributed by atoms with Gasteiger partial charge in [-0.1, -0.05) is 41.6 Å². The summed E-state index contributed by atoms with van der Waals surface area (Å²) in [7, 11) is 0. The molecule has 11 heteroatoms. The van der Waals surface area contributed by atoms with Crippen LogP contribution < -0.4 is 11.1 Å². The van der Waals surface area contributed by atoms with Crippen LogP contribution in [0.25, 0.3) is 11.4 Å². The Morgan fingerprint density at radius 2 is 1.88 bits per heavy atom. The first kappa shape index (κ1) is 22.6. The lowest BCUT2D eigenvalue weighted by molar-refractivity contribution is 0.0953. The van der Waals surface area contributed by atoms with E-state index in [2.05, 4.69) is 35.0 Å². The van der Waals surface area contributed by atoms with Crippen molar-refractivity contribution in [2.24, 2.45) is 0 Å². The highest BCUT2D eigenvalue weighted by Gasteiger charge is 2.22. The minimum absolute atomic E-state index is 0.135. The number of hydrogen-bond donors (Lipinski definition) is 2. The van der Waals surface area contributed by atoms with E-state index in [4.69, 9.17) is 22.1 Å². The Hall–Kier alpha value is -3.21. The number of benzene rings is 2. The highest BCUT2D eigenvalue weighted by molar-refractivity contribution is 7.98. The minimum Gasteiger partial charge on any atom is -0.376 e. The van der Waals surface area contributed by atoms with Crippen LogP contribution >= 0.6 is 23.4 Å². The normalized spacial score (nSPS) is 15.5. The molecule has 1 fully saturated rings. The molecule has 0 spiro atoms. The number of ether oxygens (including phenoxy) is 1. The number of rotatable bonds is 8. The summed E-state index contributed by atoms with van der Waals surface area (Å²) in [5, 5.41) is 13.5. The molecule has 1 aliphatic heterocycles. The van der Waals surface area contributed by atoms with Gasteiger partial charge in [0.05, 0.1) is 18.4 Å². The number of nitrogen functional groups attached to an aromatic ring is 1. The van der Waals surface area contributed by atoms with Crippen molar-refractivity contribution in [3.05, 3.63) is 65.4 Å². The number of hydrogen-bond acceptors (Lipinski definition) is 9. The summed E-state index contributed by atoms with van der Waals surface area (Å²) in [4.78, 5) is 13.0. The molecule has 1 aliphatic rings. The molecule has 1 atom stereocenters. The molecule has 0 radical (unpaired) electrons. The van der Waals surface area contributed by atoms with Gasteiger partial charge in [0.1, 0.15) is 5.82 Å². The van der Waals surface area contributed by atoms with Crippen LogP contribution in [-0.2, 0) is 17.0 Å². The number of nitrogens with zero attached hydrogens (tertiary/aromatic N) is 6. The lowest BCUT2D eigenvalue weighted by atomic mass is 10.2. The molecule has 0 unspecified atom stereocenters. The van der Waals surface area contributed by atoms with Gasteiger partial charge < -0.3 is 15.8 Å². The Labute approximate surface area is 206 Å². The SMILES string of the molecule is Nc1nc(CSc2nnc(-c3ccc(Cl)cc3)n2C[C@H]2CCCO2)nc(Nc2ccccc2)n1. The Morgan fingerprint density at radius 1 is 1.06 bits per heavy atom. The van der Waals surface area contributed by atoms with Gasteiger partial charge in [-0.05, 0) is 49.2 Å². The van der Waals surface area contributed by atoms with Gasteiger partial charge in [-0.15, -0.1) is 10.2 Å². The van der Waals surface area contributed by atoms with E-state index < -0.39 is 0 Å². The van der Waals surface area contributed by atoms with E-state index in [0.29, 0.717) is 29.1 Å². The molecular formula is C23H23ClN8OS. The first-order valence-electron chi connectivity index (χ1n) is 10.9. The standard InChI is InChI=1S/C23H23ClN8OS/c24-16-10-8-15(9-11-16)20-30-31-23(32(20)13-18-7-4-12-33-18)34-14-19-27-21(25)29-22(28-19)26-17-5-2-1-3-6-17/h1-3,5-6,8-11,18H,4,7,12-14H2,(H3,25,26,27,28,29)/t18-/m1/s1. The lowest BCUT2D eigenvalue weighted by Gasteiger charge is -2.14. The molecule has 0 amide bonds. The van der Waals surface area contributed by atoms with Crippen LogP contribution in [-0.4, -0.2) is 42.4 Å². The number of nitrogens with two attached hydrogens (primary N) is 1. The molecule has 1 saturated heterocycles. The topological polar surface area (TPSA) is 117 Å². The van der Waals surface area contributed by atoms with Crippen LogP contribution in [0.15, 0.2) is 59.8 Å². The minimum atomic E-state index is 0.135. The molecule has 5 rings (SSSR count). The third kappa shape index (κ3) is 5.46. The molecule has 9 nitrogen and oxygen atoms in total. The highest BCUT2D eigenvalue weighted by atomic mass is 35.5. The van der Waals surface area contributed by atoms with Gasteiger partial charge in [-0.2, -0.15) is 15.0 Å².